The van der Waals surface area contributed by atoms with Crippen molar-refractivity contribution in [3.63, 3.8) is 0 Å². The average molecular weight is 129 g/mol. The first-order valence-electron chi connectivity index (χ1n) is 2.72. The maximum atomic E-state index is 5.20. The fourth-order valence-corrected chi connectivity index (χ4v) is 1.30. The number of fused-ring (bicyclic) bond motifs is 1. The Kier molecular flexibility index (Phi) is 0.658. The van der Waals surface area contributed by atoms with E-state index in [0.29, 0.717) is 17.3 Å². The number of hydrogen-bond donors (Lipinski definition) is 0. The van der Waals surface area contributed by atoms with Gasteiger partial charge in [0, 0.05) is 13.5 Å². The van der Waals surface area contributed by atoms with Crippen LogP contribution in [0.25, 0.3) is 0 Å². The number of rotatable bonds is 0. The van der Waals surface area contributed by atoms with Gasteiger partial charge in [0.1, 0.15) is 6.10 Å². The molecule has 0 amide bonds. The van der Waals surface area contributed by atoms with E-state index in [4.69, 9.17) is 17.0 Å². The van der Waals surface area contributed by atoms with Crippen LogP contribution >= 0.6 is 12.2 Å². The van der Waals surface area contributed by atoms with Gasteiger partial charge in [-0.05, 0) is 12.2 Å². The minimum Gasteiger partial charge on any atom is -0.465 e. The summed E-state index contributed by atoms with van der Waals surface area (Å²) in [5, 5.41) is 0.672. The molecular weight excluding hydrogens is 122 g/mol. The van der Waals surface area contributed by atoms with Crippen molar-refractivity contribution in [3.05, 3.63) is 0 Å². The molecule has 3 heteroatoms. The van der Waals surface area contributed by atoms with Crippen molar-refractivity contribution in [2.24, 2.45) is 0 Å². The molecule has 0 aromatic carbocycles. The second-order valence-electron chi connectivity index (χ2n) is 2.34. The van der Waals surface area contributed by atoms with Gasteiger partial charge in [-0.15, -0.1) is 0 Å². The van der Waals surface area contributed by atoms with Crippen LogP contribution in [-0.4, -0.2) is 29.3 Å². The van der Waals surface area contributed by atoms with Crippen LogP contribution in [0.1, 0.15) is 6.42 Å². The van der Waals surface area contributed by atoms with Crippen molar-refractivity contribution in [2.45, 2.75) is 18.6 Å². The number of ether oxygens (including phenoxy) is 1. The lowest BCUT2D eigenvalue weighted by atomic mass is 10.6. The first kappa shape index (κ1) is 4.56. The van der Waals surface area contributed by atoms with Gasteiger partial charge >= 0.3 is 0 Å². The van der Waals surface area contributed by atoms with Crippen LogP contribution in [-0.2, 0) is 4.74 Å². The highest BCUT2D eigenvalue weighted by Crippen LogP contribution is 2.36. The Bertz CT molecular complexity index is 147. The zero-order chi connectivity index (χ0) is 5.72. The van der Waals surface area contributed by atoms with Gasteiger partial charge in [-0.2, -0.15) is 0 Å². The standard InChI is InChI=1S/C5H7NOS/c1-6-3-2-4(3)7-5(6)8/h3-4H,2H2,1H3. The Labute approximate surface area is 53.4 Å². The van der Waals surface area contributed by atoms with Crippen molar-refractivity contribution in [1.82, 2.24) is 4.90 Å². The lowest BCUT2D eigenvalue weighted by Crippen LogP contribution is -2.22. The predicted octanol–water partition coefficient (Wildman–Crippen LogP) is 0.374. The lowest BCUT2D eigenvalue weighted by molar-refractivity contribution is 0.308. The molecule has 0 radical (unpaired) electrons. The SMILES string of the molecule is CN1C(=S)OC2CC21. The molecule has 2 aliphatic rings. The fraction of sp³-hybridized carbons (Fsp3) is 0.800. The number of likely N-dealkylation sites (N-methyl/N-ethyl adjacent to an activating group) is 1. The van der Waals surface area contributed by atoms with Crippen LogP contribution in [0.3, 0.4) is 0 Å². The number of nitrogens with zero attached hydrogens (tertiary/aromatic N) is 1. The summed E-state index contributed by atoms with van der Waals surface area (Å²) in [7, 11) is 1.99. The van der Waals surface area contributed by atoms with Crippen molar-refractivity contribution in [3.8, 4) is 0 Å². The molecule has 2 rings (SSSR count). The van der Waals surface area contributed by atoms with Crippen LogP contribution in [0.4, 0.5) is 0 Å². The summed E-state index contributed by atoms with van der Waals surface area (Å²) >= 11 is 4.85. The molecule has 1 saturated heterocycles. The summed E-state index contributed by atoms with van der Waals surface area (Å²) < 4.78 is 5.20. The molecule has 0 aromatic heterocycles. The topological polar surface area (TPSA) is 12.5 Å². The van der Waals surface area contributed by atoms with Crippen LogP contribution in [0.2, 0.25) is 0 Å². The van der Waals surface area contributed by atoms with Crippen molar-refractivity contribution in [1.29, 1.82) is 0 Å². The average Bonchev–Trinajstić information content (AvgIpc) is 2.39. The van der Waals surface area contributed by atoms with Gasteiger partial charge in [-0.3, -0.25) is 0 Å². The Morgan fingerprint density at radius 1 is 1.88 bits per heavy atom. The van der Waals surface area contributed by atoms with Gasteiger partial charge in [-0.25, -0.2) is 0 Å². The molecule has 1 heterocycles. The molecule has 1 aliphatic carbocycles. The second-order valence-corrected chi connectivity index (χ2v) is 2.69. The number of thiocarbonyl (C=S) groups is 1. The molecule has 2 unspecified atom stereocenters. The summed E-state index contributed by atoms with van der Waals surface area (Å²) in [5.74, 6) is 0. The van der Waals surface area contributed by atoms with E-state index in [1.165, 1.54) is 6.42 Å². The zero-order valence-corrected chi connectivity index (χ0v) is 5.44. The van der Waals surface area contributed by atoms with Gasteiger partial charge in [0.15, 0.2) is 0 Å². The molecule has 1 aliphatic heterocycles. The minimum atomic E-state index is 0.451. The van der Waals surface area contributed by atoms with Crippen molar-refractivity contribution in [2.75, 3.05) is 7.05 Å². The van der Waals surface area contributed by atoms with E-state index in [-0.39, 0.29) is 0 Å². The third kappa shape index (κ3) is 0.400. The van der Waals surface area contributed by atoms with Crippen molar-refractivity contribution >= 4 is 17.4 Å². The first-order valence-corrected chi connectivity index (χ1v) is 3.13. The van der Waals surface area contributed by atoms with Crippen LogP contribution in [0, 0.1) is 0 Å². The smallest absolute Gasteiger partial charge is 0.259 e. The second kappa shape index (κ2) is 1.16. The van der Waals surface area contributed by atoms with E-state index < -0.39 is 0 Å². The monoisotopic (exact) mass is 129 g/mol. The maximum absolute atomic E-state index is 5.20. The predicted molar refractivity (Wildman–Crippen MR) is 33.6 cm³/mol. The normalized spacial score (nSPS) is 41.6. The van der Waals surface area contributed by atoms with E-state index in [1.54, 1.807) is 0 Å². The van der Waals surface area contributed by atoms with Crippen LogP contribution in [0.5, 0.6) is 0 Å². The highest BCUT2D eigenvalue weighted by atomic mass is 32.1. The molecule has 2 fully saturated rings. The largest absolute Gasteiger partial charge is 0.465 e. The van der Waals surface area contributed by atoms with Gasteiger partial charge < -0.3 is 9.64 Å². The number of hydrogen-bond acceptors (Lipinski definition) is 2. The third-order valence-corrected chi connectivity index (χ3v) is 2.12. The van der Waals surface area contributed by atoms with Gasteiger partial charge in [0.2, 0.25) is 0 Å². The highest BCUT2D eigenvalue weighted by molar-refractivity contribution is 7.80. The summed E-state index contributed by atoms with van der Waals surface area (Å²) in [6.07, 6.45) is 1.63. The summed E-state index contributed by atoms with van der Waals surface area (Å²) in [6, 6.07) is 0.627. The van der Waals surface area contributed by atoms with E-state index in [9.17, 15) is 0 Å². The van der Waals surface area contributed by atoms with Gasteiger partial charge in [-0.1, -0.05) is 0 Å². The lowest BCUT2D eigenvalue weighted by Gasteiger charge is -2.09. The molecular formula is C5H7NOS. The fourth-order valence-electron chi connectivity index (χ4n) is 1.04. The Morgan fingerprint density at radius 2 is 2.62 bits per heavy atom. The molecule has 2 nitrogen and oxygen atoms in total. The first-order chi connectivity index (χ1) is 3.79. The molecule has 0 spiro atoms. The molecule has 0 bridgehead atoms. The maximum Gasteiger partial charge on any atom is 0.259 e. The molecule has 8 heavy (non-hydrogen) atoms. The van der Waals surface area contributed by atoms with Crippen LogP contribution in [0.15, 0.2) is 0 Å². The molecule has 1 saturated carbocycles. The molecule has 2 atom stereocenters. The highest BCUT2D eigenvalue weighted by Gasteiger charge is 2.50. The van der Waals surface area contributed by atoms with Gasteiger partial charge in [0.25, 0.3) is 5.17 Å². The van der Waals surface area contributed by atoms with Crippen LogP contribution < -0.4 is 0 Å². The van der Waals surface area contributed by atoms with Gasteiger partial charge in [0.05, 0.1) is 6.04 Å². The van der Waals surface area contributed by atoms with E-state index in [0.717, 1.165) is 0 Å². The Balaban J connectivity index is 2.19. The summed E-state index contributed by atoms with van der Waals surface area (Å²) in [6.45, 7) is 0. The molecule has 0 N–H and O–H groups in total. The quantitative estimate of drug-likeness (QED) is 0.439. The van der Waals surface area contributed by atoms with Crippen molar-refractivity contribution < 1.29 is 4.74 Å². The summed E-state index contributed by atoms with van der Waals surface area (Å²) in [5.41, 5.74) is 0. The third-order valence-electron chi connectivity index (χ3n) is 1.74. The molecule has 44 valence electrons. The Hall–Kier alpha value is -0.310. The Morgan fingerprint density at radius 3 is 2.88 bits per heavy atom. The summed E-state index contributed by atoms with van der Waals surface area (Å²) in [4.78, 5) is 2.03. The van der Waals surface area contributed by atoms with E-state index in [2.05, 4.69) is 0 Å². The minimum absolute atomic E-state index is 0.451. The van der Waals surface area contributed by atoms with E-state index in [1.807, 2.05) is 11.9 Å². The van der Waals surface area contributed by atoms with E-state index >= 15 is 0 Å². The molecule has 0 aromatic rings. The zero-order valence-electron chi connectivity index (χ0n) is 4.63.